The summed E-state index contributed by atoms with van der Waals surface area (Å²) in [6.07, 6.45) is 5.70. The number of nitrogens with zero attached hydrogens (tertiary/aromatic N) is 3. The second-order valence-electron chi connectivity index (χ2n) is 4.97. The number of benzene rings is 1. The Bertz CT molecular complexity index is 716. The molecule has 0 amide bonds. The van der Waals surface area contributed by atoms with E-state index < -0.39 is 0 Å². The monoisotopic (exact) mass is 266 g/mol. The Balaban J connectivity index is 2.09. The molecule has 3 rings (SSSR count). The van der Waals surface area contributed by atoms with Crippen LogP contribution in [-0.4, -0.2) is 14.5 Å². The predicted octanol–water partition coefficient (Wildman–Crippen LogP) is 3.01. The average molecular weight is 266 g/mol. The van der Waals surface area contributed by atoms with E-state index in [-0.39, 0.29) is 0 Å². The van der Waals surface area contributed by atoms with Crippen LogP contribution in [0.15, 0.2) is 42.7 Å². The number of rotatable bonds is 4. The maximum atomic E-state index is 5.85. The third-order valence-electron chi connectivity index (χ3n) is 3.41. The minimum atomic E-state index is 0.758. The standard InChI is InChI=1S/C16H18N4/c1-2-3-16-19-14-10-13(17)4-5-15(14)20(16)11-12-6-8-18-9-7-12/h4-10H,2-3,11,17H2,1H3. The van der Waals surface area contributed by atoms with Crippen LogP contribution in [0.2, 0.25) is 0 Å². The molecule has 0 bridgehead atoms. The molecule has 2 aromatic heterocycles. The van der Waals surface area contributed by atoms with E-state index in [9.17, 15) is 0 Å². The van der Waals surface area contributed by atoms with Crippen LogP contribution in [-0.2, 0) is 13.0 Å². The molecule has 2 N–H and O–H groups in total. The van der Waals surface area contributed by atoms with Gasteiger partial charge in [-0.2, -0.15) is 0 Å². The summed E-state index contributed by atoms with van der Waals surface area (Å²) in [5.41, 5.74) is 9.95. The molecule has 1 aromatic carbocycles. The lowest BCUT2D eigenvalue weighted by molar-refractivity contribution is 0.721. The Hall–Kier alpha value is -2.36. The quantitative estimate of drug-likeness (QED) is 0.738. The largest absolute Gasteiger partial charge is 0.399 e. The van der Waals surface area contributed by atoms with Gasteiger partial charge in [0.25, 0.3) is 0 Å². The number of nitrogens with two attached hydrogens (primary N) is 1. The highest BCUT2D eigenvalue weighted by Crippen LogP contribution is 2.21. The highest BCUT2D eigenvalue weighted by atomic mass is 15.1. The SMILES string of the molecule is CCCc1nc2cc(N)ccc2n1Cc1ccncc1. The number of aryl methyl sites for hydroxylation is 1. The lowest BCUT2D eigenvalue weighted by atomic mass is 10.2. The van der Waals surface area contributed by atoms with Gasteiger partial charge in [-0.3, -0.25) is 4.98 Å². The van der Waals surface area contributed by atoms with Gasteiger partial charge in [0.1, 0.15) is 5.82 Å². The molecule has 3 aromatic rings. The first-order valence-electron chi connectivity index (χ1n) is 6.91. The summed E-state index contributed by atoms with van der Waals surface area (Å²) in [6, 6.07) is 10.0. The second-order valence-corrected chi connectivity index (χ2v) is 4.97. The zero-order valence-electron chi connectivity index (χ0n) is 11.6. The Morgan fingerprint density at radius 1 is 1.15 bits per heavy atom. The number of aromatic nitrogens is 3. The first-order chi connectivity index (χ1) is 9.78. The van der Waals surface area contributed by atoms with Crippen molar-refractivity contribution in [1.82, 2.24) is 14.5 Å². The van der Waals surface area contributed by atoms with Gasteiger partial charge in [0.15, 0.2) is 0 Å². The third kappa shape index (κ3) is 2.37. The van der Waals surface area contributed by atoms with E-state index in [1.54, 1.807) is 0 Å². The topological polar surface area (TPSA) is 56.7 Å². The molecule has 0 aliphatic rings. The second kappa shape index (κ2) is 5.33. The van der Waals surface area contributed by atoms with Gasteiger partial charge in [0.2, 0.25) is 0 Å². The van der Waals surface area contributed by atoms with Gasteiger partial charge in [0.05, 0.1) is 11.0 Å². The zero-order valence-corrected chi connectivity index (χ0v) is 11.6. The molecule has 0 saturated heterocycles. The van der Waals surface area contributed by atoms with E-state index in [0.29, 0.717) is 0 Å². The Kier molecular flexibility index (Phi) is 3.37. The molecule has 4 nitrogen and oxygen atoms in total. The molecule has 102 valence electrons. The van der Waals surface area contributed by atoms with E-state index in [0.717, 1.165) is 41.9 Å². The molecule has 2 heterocycles. The fourth-order valence-corrected chi connectivity index (χ4v) is 2.46. The fourth-order valence-electron chi connectivity index (χ4n) is 2.46. The highest BCUT2D eigenvalue weighted by molar-refractivity contribution is 5.79. The summed E-state index contributed by atoms with van der Waals surface area (Å²) >= 11 is 0. The molecular formula is C16H18N4. The van der Waals surface area contributed by atoms with Gasteiger partial charge in [-0.05, 0) is 42.3 Å². The first-order valence-corrected chi connectivity index (χ1v) is 6.91. The summed E-state index contributed by atoms with van der Waals surface area (Å²) in [4.78, 5) is 8.79. The number of hydrogen-bond acceptors (Lipinski definition) is 3. The molecule has 0 unspecified atom stereocenters. The van der Waals surface area contributed by atoms with Crippen molar-refractivity contribution in [2.24, 2.45) is 0 Å². The minimum absolute atomic E-state index is 0.758. The summed E-state index contributed by atoms with van der Waals surface area (Å²) < 4.78 is 2.27. The summed E-state index contributed by atoms with van der Waals surface area (Å²) in [7, 11) is 0. The zero-order chi connectivity index (χ0) is 13.9. The molecule has 4 heteroatoms. The van der Waals surface area contributed by atoms with Crippen LogP contribution in [0.3, 0.4) is 0 Å². The lowest BCUT2D eigenvalue weighted by Gasteiger charge is -2.08. The van der Waals surface area contributed by atoms with Gasteiger partial charge in [-0.15, -0.1) is 0 Å². The van der Waals surface area contributed by atoms with Crippen LogP contribution >= 0.6 is 0 Å². The summed E-state index contributed by atoms with van der Waals surface area (Å²) in [5.74, 6) is 1.12. The predicted molar refractivity (Wildman–Crippen MR) is 81.5 cm³/mol. The minimum Gasteiger partial charge on any atom is -0.399 e. The van der Waals surface area contributed by atoms with Crippen molar-refractivity contribution in [1.29, 1.82) is 0 Å². The number of anilines is 1. The van der Waals surface area contributed by atoms with E-state index >= 15 is 0 Å². The van der Waals surface area contributed by atoms with Crippen molar-refractivity contribution in [3.63, 3.8) is 0 Å². The summed E-state index contributed by atoms with van der Waals surface area (Å²) in [6.45, 7) is 2.99. The lowest BCUT2D eigenvalue weighted by Crippen LogP contribution is -2.05. The van der Waals surface area contributed by atoms with E-state index in [1.165, 1.54) is 5.56 Å². The molecule has 0 saturated carbocycles. The number of fused-ring (bicyclic) bond motifs is 1. The van der Waals surface area contributed by atoms with E-state index in [4.69, 9.17) is 10.7 Å². The van der Waals surface area contributed by atoms with E-state index in [1.807, 2.05) is 36.7 Å². The van der Waals surface area contributed by atoms with Crippen molar-refractivity contribution in [2.75, 3.05) is 5.73 Å². The molecule has 0 spiro atoms. The van der Waals surface area contributed by atoms with Crippen molar-refractivity contribution in [3.8, 4) is 0 Å². The van der Waals surface area contributed by atoms with Crippen molar-refractivity contribution in [2.45, 2.75) is 26.3 Å². The maximum absolute atomic E-state index is 5.85. The molecule has 0 radical (unpaired) electrons. The number of imidazole rings is 1. The summed E-state index contributed by atoms with van der Waals surface area (Å²) in [5, 5.41) is 0. The Morgan fingerprint density at radius 2 is 1.95 bits per heavy atom. The first kappa shape index (κ1) is 12.7. The van der Waals surface area contributed by atoms with Crippen molar-refractivity contribution >= 4 is 16.7 Å². The smallest absolute Gasteiger partial charge is 0.110 e. The average Bonchev–Trinajstić information content (AvgIpc) is 2.77. The van der Waals surface area contributed by atoms with Crippen LogP contribution in [0.5, 0.6) is 0 Å². The van der Waals surface area contributed by atoms with Crippen molar-refractivity contribution in [3.05, 3.63) is 54.1 Å². The Labute approximate surface area is 118 Å². The third-order valence-corrected chi connectivity index (χ3v) is 3.41. The van der Waals surface area contributed by atoms with Crippen LogP contribution in [0.1, 0.15) is 24.7 Å². The van der Waals surface area contributed by atoms with Gasteiger partial charge in [-0.25, -0.2) is 4.98 Å². The molecule has 0 atom stereocenters. The number of nitrogen functional groups attached to an aromatic ring is 1. The normalized spacial score (nSPS) is 11.1. The molecule has 0 aliphatic heterocycles. The van der Waals surface area contributed by atoms with E-state index in [2.05, 4.69) is 22.5 Å². The maximum Gasteiger partial charge on any atom is 0.110 e. The van der Waals surface area contributed by atoms with Gasteiger partial charge >= 0.3 is 0 Å². The van der Waals surface area contributed by atoms with Crippen LogP contribution in [0.25, 0.3) is 11.0 Å². The van der Waals surface area contributed by atoms with Crippen LogP contribution < -0.4 is 5.73 Å². The fraction of sp³-hybridized carbons (Fsp3) is 0.250. The van der Waals surface area contributed by atoms with Gasteiger partial charge in [-0.1, -0.05) is 6.92 Å². The van der Waals surface area contributed by atoms with Crippen molar-refractivity contribution < 1.29 is 0 Å². The number of hydrogen-bond donors (Lipinski definition) is 1. The van der Waals surface area contributed by atoms with Crippen LogP contribution in [0.4, 0.5) is 5.69 Å². The highest BCUT2D eigenvalue weighted by Gasteiger charge is 2.10. The van der Waals surface area contributed by atoms with Crippen LogP contribution in [0, 0.1) is 0 Å². The number of pyridine rings is 1. The molecule has 20 heavy (non-hydrogen) atoms. The van der Waals surface area contributed by atoms with Gasteiger partial charge < -0.3 is 10.3 Å². The molecule has 0 fully saturated rings. The van der Waals surface area contributed by atoms with Gasteiger partial charge in [0, 0.05) is 31.0 Å². The Morgan fingerprint density at radius 3 is 2.70 bits per heavy atom. The molecule has 0 aliphatic carbocycles. The molecular weight excluding hydrogens is 248 g/mol.